The first-order chi connectivity index (χ1) is 13.2. The fourth-order valence-electron chi connectivity index (χ4n) is 3.44. The van der Waals surface area contributed by atoms with Crippen LogP contribution in [-0.4, -0.2) is 6.54 Å². The molecule has 27 heavy (non-hydrogen) atoms. The van der Waals surface area contributed by atoms with E-state index in [-0.39, 0.29) is 11.2 Å². The van der Waals surface area contributed by atoms with Crippen molar-refractivity contribution in [2.75, 3.05) is 11.4 Å². The molecule has 0 bridgehead atoms. The summed E-state index contributed by atoms with van der Waals surface area (Å²) in [4.78, 5) is 14.7. The molecule has 0 fully saturated rings. The van der Waals surface area contributed by atoms with E-state index in [4.69, 9.17) is 9.15 Å². The van der Waals surface area contributed by atoms with Crippen LogP contribution in [0, 0.1) is 6.92 Å². The van der Waals surface area contributed by atoms with Gasteiger partial charge < -0.3 is 14.1 Å². The molecule has 1 aliphatic rings. The average molecular weight is 361 g/mol. The van der Waals surface area contributed by atoms with E-state index in [9.17, 15) is 4.79 Å². The molecule has 0 saturated heterocycles. The standard InChI is InChI=1S/C23H23NO3/c1-17-8-10-18(11-9-17)15-27-23-16-26-20(13-22(23)25)14-24-12-4-6-19-5-2-3-7-21(19)24/h2-3,5,7-11,13,16H,4,6,12,14-15H2,1H3. The molecule has 0 saturated carbocycles. The van der Waals surface area contributed by atoms with Crippen LogP contribution >= 0.6 is 0 Å². The maximum atomic E-state index is 12.4. The molecule has 1 aliphatic heterocycles. The number of hydrogen-bond donors (Lipinski definition) is 0. The molecule has 0 atom stereocenters. The number of hydrogen-bond acceptors (Lipinski definition) is 4. The Bertz CT molecular complexity index is 975. The molecule has 0 radical (unpaired) electrons. The number of aryl methyl sites for hydroxylation is 2. The van der Waals surface area contributed by atoms with Crippen molar-refractivity contribution in [1.82, 2.24) is 0 Å². The third kappa shape index (κ3) is 4.05. The van der Waals surface area contributed by atoms with Gasteiger partial charge >= 0.3 is 0 Å². The minimum Gasteiger partial charge on any atom is -0.482 e. The Kier molecular flexibility index (Phi) is 4.97. The van der Waals surface area contributed by atoms with Gasteiger partial charge in [-0.3, -0.25) is 4.79 Å². The quantitative estimate of drug-likeness (QED) is 0.672. The van der Waals surface area contributed by atoms with Crippen molar-refractivity contribution in [1.29, 1.82) is 0 Å². The van der Waals surface area contributed by atoms with Crippen LogP contribution in [0.3, 0.4) is 0 Å². The number of benzene rings is 2. The highest BCUT2D eigenvalue weighted by atomic mass is 16.5. The number of para-hydroxylation sites is 1. The van der Waals surface area contributed by atoms with Gasteiger partial charge in [0.25, 0.3) is 0 Å². The van der Waals surface area contributed by atoms with E-state index in [0.29, 0.717) is 18.9 Å². The molecule has 4 rings (SSSR count). The molecule has 3 aromatic rings. The highest BCUT2D eigenvalue weighted by Crippen LogP contribution is 2.28. The minimum absolute atomic E-state index is 0.145. The van der Waals surface area contributed by atoms with E-state index < -0.39 is 0 Å². The summed E-state index contributed by atoms with van der Waals surface area (Å²) in [7, 11) is 0. The molecule has 0 amide bonds. The molecule has 2 aromatic carbocycles. The molecule has 2 heterocycles. The zero-order valence-electron chi connectivity index (χ0n) is 15.5. The van der Waals surface area contributed by atoms with Crippen LogP contribution in [0.15, 0.2) is 70.1 Å². The largest absolute Gasteiger partial charge is 0.482 e. The first-order valence-corrected chi connectivity index (χ1v) is 9.32. The van der Waals surface area contributed by atoms with Crippen LogP contribution in [0.2, 0.25) is 0 Å². The molecule has 0 spiro atoms. The summed E-state index contributed by atoms with van der Waals surface area (Å²) >= 11 is 0. The second-order valence-corrected chi connectivity index (χ2v) is 7.00. The number of fused-ring (bicyclic) bond motifs is 1. The lowest BCUT2D eigenvalue weighted by atomic mass is 10.0. The van der Waals surface area contributed by atoms with Crippen molar-refractivity contribution in [3.63, 3.8) is 0 Å². The third-order valence-corrected chi connectivity index (χ3v) is 4.92. The Labute approximate surface area is 159 Å². The van der Waals surface area contributed by atoms with Crippen molar-refractivity contribution in [3.8, 4) is 5.75 Å². The summed E-state index contributed by atoms with van der Waals surface area (Å²) in [5, 5.41) is 0. The number of ether oxygens (including phenoxy) is 1. The Morgan fingerprint density at radius 3 is 2.74 bits per heavy atom. The third-order valence-electron chi connectivity index (χ3n) is 4.92. The van der Waals surface area contributed by atoms with Gasteiger partial charge in [-0.25, -0.2) is 0 Å². The summed E-state index contributed by atoms with van der Waals surface area (Å²) in [6.07, 6.45) is 3.64. The number of anilines is 1. The average Bonchev–Trinajstić information content (AvgIpc) is 2.69. The molecule has 0 unspecified atom stereocenters. The second kappa shape index (κ2) is 7.70. The van der Waals surface area contributed by atoms with E-state index in [0.717, 1.165) is 24.9 Å². The fraction of sp³-hybridized carbons (Fsp3) is 0.261. The van der Waals surface area contributed by atoms with Gasteiger partial charge in [0.1, 0.15) is 18.6 Å². The molecule has 1 aromatic heterocycles. The van der Waals surface area contributed by atoms with Crippen molar-refractivity contribution in [2.24, 2.45) is 0 Å². The molecular formula is C23H23NO3. The smallest absolute Gasteiger partial charge is 0.227 e. The maximum absolute atomic E-state index is 12.4. The Balaban J connectivity index is 1.44. The zero-order chi connectivity index (χ0) is 18.6. The summed E-state index contributed by atoms with van der Waals surface area (Å²) < 4.78 is 11.3. The van der Waals surface area contributed by atoms with E-state index in [1.807, 2.05) is 31.2 Å². The van der Waals surface area contributed by atoms with Crippen molar-refractivity contribution in [3.05, 3.63) is 93.5 Å². The summed E-state index contributed by atoms with van der Waals surface area (Å²) in [6, 6.07) is 18.0. The van der Waals surface area contributed by atoms with Crippen LogP contribution < -0.4 is 15.1 Å². The lowest BCUT2D eigenvalue weighted by Gasteiger charge is -2.30. The summed E-state index contributed by atoms with van der Waals surface area (Å²) in [5.74, 6) is 0.901. The minimum atomic E-state index is -0.145. The predicted octanol–water partition coefficient (Wildman–Crippen LogP) is 4.48. The highest BCUT2D eigenvalue weighted by molar-refractivity contribution is 5.55. The van der Waals surface area contributed by atoms with E-state index in [2.05, 4.69) is 29.2 Å². The van der Waals surface area contributed by atoms with Gasteiger partial charge in [0.15, 0.2) is 0 Å². The van der Waals surface area contributed by atoms with E-state index in [1.54, 1.807) is 6.07 Å². The van der Waals surface area contributed by atoms with Crippen molar-refractivity contribution in [2.45, 2.75) is 32.9 Å². The van der Waals surface area contributed by atoms with Crippen molar-refractivity contribution >= 4 is 5.69 Å². The van der Waals surface area contributed by atoms with Gasteiger partial charge in [0, 0.05) is 18.3 Å². The molecule has 0 N–H and O–H groups in total. The summed E-state index contributed by atoms with van der Waals surface area (Å²) in [5.41, 5.74) is 4.65. The van der Waals surface area contributed by atoms with E-state index in [1.165, 1.54) is 23.1 Å². The zero-order valence-corrected chi connectivity index (χ0v) is 15.5. The van der Waals surface area contributed by atoms with Gasteiger partial charge in [-0.15, -0.1) is 0 Å². The first-order valence-electron chi connectivity index (χ1n) is 9.32. The van der Waals surface area contributed by atoms with E-state index >= 15 is 0 Å². The molecular weight excluding hydrogens is 338 g/mol. The lowest BCUT2D eigenvalue weighted by Crippen LogP contribution is -2.29. The van der Waals surface area contributed by atoms with Crippen LogP contribution in [0.4, 0.5) is 5.69 Å². The fourth-order valence-corrected chi connectivity index (χ4v) is 3.44. The Morgan fingerprint density at radius 2 is 1.93 bits per heavy atom. The maximum Gasteiger partial charge on any atom is 0.227 e. The highest BCUT2D eigenvalue weighted by Gasteiger charge is 2.17. The SMILES string of the molecule is Cc1ccc(COc2coc(CN3CCCc4ccccc43)cc2=O)cc1. The van der Waals surface area contributed by atoms with Gasteiger partial charge in [-0.2, -0.15) is 0 Å². The van der Waals surface area contributed by atoms with Crippen LogP contribution in [-0.2, 0) is 19.6 Å². The number of nitrogens with zero attached hydrogens (tertiary/aromatic N) is 1. The first kappa shape index (κ1) is 17.4. The van der Waals surface area contributed by atoms with Gasteiger partial charge in [-0.05, 0) is 37.0 Å². The molecule has 0 aliphatic carbocycles. The predicted molar refractivity (Wildman–Crippen MR) is 106 cm³/mol. The van der Waals surface area contributed by atoms with Crippen LogP contribution in [0.25, 0.3) is 0 Å². The molecule has 138 valence electrons. The topological polar surface area (TPSA) is 42.7 Å². The van der Waals surface area contributed by atoms with Crippen LogP contribution in [0.5, 0.6) is 5.75 Å². The lowest BCUT2D eigenvalue weighted by molar-refractivity contribution is 0.289. The van der Waals surface area contributed by atoms with Crippen molar-refractivity contribution < 1.29 is 9.15 Å². The van der Waals surface area contributed by atoms with Gasteiger partial charge in [0.05, 0.1) is 6.54 Å². The Hall–Kier alpha value is -3.01. The van der Waals surface area contributed by atoms with Gasteiger partial charge in [-0.1, -0.05) is 48.0 Å². The normalized spacial score (nSPS) is 13.3. The Morgan fingerprint density at radius 1 is 1.11 bits per heavy atom. The number of rotatable bonds is 5. The monoisotopic (exact) mass is 361 g/mol. The van der Waals surface area contributed by atoms with Gasteiger partial charge in [0.2, 0.25) is 11.2 Å². The van der Waals surface area contributed by atoms with Crippen LogP contribution in [0.1, 0.15) is 28.9 Å². The molecule has 4 heteroatoms. The second-order valence-electron chi connectivity index (χ2n) is 7.00. The molecule has 4 nitrogen and oxygen atoms in total. The summed E-state index contributed by atoms with van der Waals surface area (Å²) in [6.45, 7) is 3.94.